The number of carboxylic acid groups (broad SMARTS) is 1. The number of nitrogens with one attached hydrogen (secondary N) is 1. The molecule has 0 spiro atoms. The second-order valence-electron chi connectivity index (χ2n) is 6.72. The molecule has 0 aliphatic carbocycles. The monoisotopic (exact) mass is 435 g/mol. The first-order valence-electron chi connectivity index (χ1n) is 8.96. The minimum atomic E-state index is -3.41. The summed E-state index contributed by atoms with van der Waals surface area (Å²) in [6.45, 7) is 0. The lowest BCUT2D eigenvalue weighted by molar-refractivity contribution is -0.137. The van der Waals surface area contributed by atoms with Crippen molar-refractivity contribution in [2.45, 2.75) is 31.7 Å². The van der Waals surface area contributed by atoms with Gasteiger partial charge in [0.2, 0.25) is 15.9 Å². The summed E-state index contributed by atoms with van der Waals surface area (Å²) in [6, 6.07) is 10.5. The number of amides is 1. The lowest BCUT2D eigenvalue weighted by Gasteiger charge is -2.20. The molecule has 2 aromatic rings. The van der Waals surface area contributed by atoms with E-state index in [0.717, 1.165) is 16.7 Å². The molecule has 1 aromatic carbocycles. The summed E-state index contributed by atoms with van der Waals surface area (Å²) >= 11 is 1.53. The first-order chi connectivity index (χ1) is 13.7. The molecule has 0 bridgehead atoms. The Morgan fingerprint density at radius 1 is 1.28 bits per heavy atom. The number of carbonyl (C=O) groups excluding carboxylic acids is 1. The van der Waals surface area contributed by atoms with E-state index in [4.69, 9.17) is 5.11 Å². The van der Waals surface area contributed by atoms with Crippen LogP contribution in [-0.2, 0) is 19.6 Å². The highest BCUT2D eigenvalue weighted by Crippen LogP contribution is 2.36. The van der Waals surface area contributed by atoms with Crippen molar-refractivity contribution in [1.29, 1.82) is 0 Å². The molecule has 8 nitrogen and oxygen atoms in total. The molecule has 3 rings (SSSR count). The van der Waals surface area contributed by atoms with Crippen LogP contribution in [0.15, 0.2) is 46.9 Å². The first-order valence-corrected chi connectivity index (χ1v) is 11.7. The van der Waals surface area contributed by atoms with E-state index >= 15 is 0 Å². The number of anilines is 1. The van der Waals surface area contributed by atoms with Crippen molar-refractivity contribution in [2.24, 2.45) is 5.10 Å². The van der Waals surface area contributed by atoms with Crippen molar-refractivity contribution >= 4 is 44.6 Å². The van der Waals surface area contributed by atoms with Crippen LogP contribution in [0.25, 0.3) is 0 Å². The number of sulfonamides is 1. The molecule has 0 unspecified atom stereocenters. The van der Waals surface area contributed by atoms with Crippen LogP contribution in [0.3, 0.4) is 0 Å². The molecule has 2 N–H and O–H groups in total. The number of carbonyl (C=O) groups is 2. The molecule has 0 radical (unpaired) electrons. The third kappa shape index (κ3) is 5.64. The van der Waals surface area contributed by atoms with Crippen molar-refractivity contribution < 1.29 is 23.1 Å². The van der Waals surface area contributed by atoms with E-state index in [1.165, 1.54) is 16.3 Å². The van der Waals surface area contributed by atoms with Gasteiger partial charge >= 0.3 is 5.97 Å². The van der Waals surface area contributed by atoms with Crippen LogP contribution >= 0.6 is 11.3 Å². The predicted octanol–water partition coefficient (Wildman–Crippen LogP) is 3.05. The molecular weight excluding hydrogens is 414 g/mol. The SMILES string of the molecule is CS(=O)(=O)Nc1cccc(C2=NN(C(=O)CCCC(=O)O)[C@@H](c3cccs3)C2)c1. The number of hydrogen-bond donors (Lipinski definition) is 2. The van der Waals surface area contributed by atoms with E-state index in [2.05, 4.69) is 9.82 Å². The van der Waals surface area contributed by atoms with Crippen molar-refractivity contribution in [3.05, 3.63) is 52.2 Å². The van der Waals surface area contributed by atoms with Gasteiger partial charge in [-0.15, -0.1) is 11.3 Å². The van der Waals surface area contributed by atoms with Gasteiger partial charge in [-0.25, -0.2) is 13.4 Å². The van der Waals surface area contributed by atoms with Gasteiger partial charge in [-0.2, -0.15) is 5.10 Å². The van der Waals surface area contributed by atoms with Gasteiger partial charge in [0, 0.05) is 29.8 Å². The van der Waals surface area contributed by atoms with Gasteiger partial charge in [-0.1, -0.05) is 18.2 Å². The maximum absolute atomic E-state index is 12.7. The van der Waals surface area contributed by atoms with Gasteiger partial charge in [-0.3, -0.25) is 14.3 Å². The normalized spacial score (nSPS) is 16.5. The third-order valence-electron chi connectivity index (χ3n) is 4.32. The maximum atomic E-state index is 12.7. The minimum Gasteiger partial charge on any atom is -0.481 e. The molecule has 1 amide bonds. The molecule has 1 aliphatic rings. The van der Waals surface area contributed by atoms with Crippen molar-refractivity contribution in [3.63, 3.8) is 0 Å². The van der Waals surface area contributed by atoms with Gasteiger partial charge in [0.25, 0.3) is 0 Å². The van der Waals surface area contributed by atoms with Crippen molar-refractivity contribution in [1.82, 2.24) is 5.01 Å². The predicted molar refractivity (Wildman–Crippen MR) is 111 cm³/mol. The minimum absolute atomic E-state index is 0.0704. The molecule has 1 aromatic heterocycles. The largest absolute Gasteiger partial charge is 0.481 e. The molecule has 0 fully saturated rings. The molecule has 0 saturated carbocycles. The van der Waals surface area contributed by atoms with Crippen molar-refractivity contribution in [3.8, 4) is 0 Å². The van der Waals surface area contributed by atoms with Gasteiger partial charge in [0.15, 0.2) is 0 Å². The Balaban J connectivity index is 1.84. The van der Waals surface area contributed by atoms with E-state index in [1.807, 2.05) is 23.6 Å². The van der Waals surface area contributed by atoms with E-state index < -0.39 is 16.0 Å². The second kappa shape index (κ2) is 8.75. The standard InChI is InChI=1S/C19H21N3O5S2/c1-29(26,27)21-14-6-2-5-13(11-14)15-12-16(17-7-4-10-28-17)22(20-15)18(23)8-3-9-19(24)25/h2,4-7,10-11,16,21H,3,8-9,12H2,1H3,(H,24,25)/t16-/m1/s1. The zero-order valence-electron chi connectivity index (χ0n) is 15.7. The number of rotatable bonds is 8. The number of thiophene rings is 1. The third-order valence-corrected chi connectivity index (χ3v) is 5.90. The molecule has 29 heavy (non-hydrogen) atoms. The molecule has 1 atom stereocenters. The Morgan fingerprint density at radius 3 is 2.72 bits per heavy atom. The summed E-state index contributed by atoms with van der Waals surface area (Å²) in [5.41, 5.74) is 1.82. The summed E-state index contributed by atoms with van der Waals surface area (Å²) in [4.78, 5) is 24.4. The summed E-state index contributed by atoms with van der Waals surface area (Å²) in [5, 5.41) is 16.7. The smallest absolute Gasteiger partial charge is 0.303 e. The van der Waals surface area contributed by atoms with Crippen molar-refractivity contribution in [2.75, 3.05) is 11.0 Å². The highest BCUT2D eigenvalue weighted by Gasteiger charge is 2.33. The maximum Gasteiger partial charge on any atom is 0.303 e. The summed E-state index contributed by atoms with van der Waals surface area (Å²) in [7, 11) is -3.41. The average molecular weight is 436 g/mol. The van der Waals surface area contributed by atoms with Crippen LogP contribution in [0, 0.1) is 0 Å². The zero-order valence-corrected chi connectivity index (χ0v) is 17.4. The Hall–Kier alpha value is -2.72. The lowest BCUT2D eigenvalue weighted by atomic mass is 10.0. The molecule has 2 heterocycles. The Bertz CT molecular complexity index is 1030. The highest BCUT2D eigenvalue weighted by molar-refractivity contribution is 7.92. The van der Waals surface area contributed by atoms with Gasteiger partial charge in [0.05, 0.1) is 18.0 Å². The van der Waals surface area contributed by atoms with Crippen LogP contribution in [0.2, 0.25) is 0 Å². The topological polar surface area (TPSA) is 116 Å². The summed E-state index contributed by atoms with van der Waals surface area (Å²) in [6.07, 6.45) is 1.85. The van der Waals surface area contributed by atoms with E-state index in [-0.39, 0.29) is 31.2 Å². The van der Waals surface area contributed by atoms with E-state index in [1.54, 1.807) is 18.2 Å². The van der Waals surface area contributed by atoms with E-state index in [9.17, 15) is 18.0 Å². The molecule has 154 valence electrons. The molecular formula is C19H21N3O5S2. The number of carboxylic acids is 1. The Morgan fingerprint density at radius 2 is 2.07 bits per heavy atom. The number of hydrogen-bond acceptors (Lipinski definition) is 6. The molecule has 10 heteroatoms. The molecule has 1 aliphatic heterocycles. The second-order valence-corrected chi connectivity index (χ2v) is 9.45. The van der Waals surface area contributed by atoms with Crippen LogP contribution in [-0.4, -0.2) is 42.4 Å². The number of nitrogens with zero attached hydrogens (tertiary/aromatic N) is 2. The quantitative estimate of drug-likeness (QED) is 0.661. The summed E-state index contributed by atoms with van der Waals surface area (Å²) in [5.74, 6) is -1.17. The van der Waals surface area contributed by atoms with Crippen LogP contribution in [0.4, 0.5) is 5.69 Å². The van der Waals surface area contributed by atoms with Crippen LogP contribution in [0.1, 0.15) is 42.2 Å². The fourth-order valence-corrected chi connectivity index (χ4v) is 4.47. The number of benzene rings is 1. The first kappa shape index (κ1) is 21.0. The lowest BCUT2D eigenvalue weighted by Crippen LogP contribution is -2.26. The highest BCUT2D eigenvalue weighted by atomic mass is 32.2. The Labute approximate surface area is 172 Å². The Kier molecular flexibility index (Phi) is 6.33. The van der Waals surface area contributed by atoms with Gasteiger partial charge in [0.1, 0.15) is 0 Å². The van der Waals surface area contributed by atoms with Gasteiger partial charge < -0.3 is 5.11 Å². The number of aliphatic carboxylic acids is 1. The fraction of sp³-hybridized carbons (Fsp3) is 0.316. The number of hydrazone groups is 1. The van der Waals surface area contributed by atoms with Gasteiger partial charge in [-0.05, 0) is 35.6 Å². The fourth-order valence-electron chi connectivity index (χ4n) is 3.10. The van der Waals surface area contributed by atoms with E-state index in [0.29, 0.717) is 17.8 Å². The summed E-state index contributed by atoms with van der Waals surface area (Å²) < 4.78 is 25.4. The average Bonchev–Trinajstić information content (AvgIpc) is 3.29. The molecule has 0 saturated heterocycles. The zero-order chi connectivity index (χ0) is 21.0. The van der Waals surface area contributed by atoms with Crippen LogP contribution in [0.5, 0.6) is 0 Å². The van der Waals surface area contributed by atoms with Crippen LogP contribution < -0.4 is 4.72 Å².